The van der Waals surface area contributed by atoms with Gasteiger partial charge < -0.3 is 30.4 Å². The van der Waals surface area contributed by atoms with Crippen LogP contribution < -0.4 is 16.0 Å². The third-order valence-corrected chi connectivity index (χ3v) is 4.94. The first-order chi connectivity index (χ1) is 15.4. The summed E-state index contributed by atoms with van der Waals surface area (Å²) in [5.74, 6) is -0.201. The minimum Gasteiger partial charge on any atom is -0.500 e. The van der Waals surface area contributed by atoms with Gasteiger partial charge >= 0.3 is 0 Å². The van der Waals surface area contributed by atoms with Gasteiger partial charge in [-0.2, -0.15) is 0 Å². The summed E-state index contributed by atoms with van der Waals surface area (Å²) in [7, 11) is 3.33. The first kappa shape index (κ1) is 27.5. The molecule has 0 heterocycles. The Hall–Kier alpha value is -2.52. The van der Waals surface area contributed by atoms with Gasteiger partial charge in [0, 0.05) is 20.1 Å². The summed E-state index contributed by atoms with van der Waals surface area (Å²) in [4.78, 5) is 36.0. The number of carbonyl (C=O) groups excluding carboxylic acids is 3. The van der Waals surface area contributed by atoms with E-state index in [-0.39, 0.29) is 36.8 Å². The topological polar surface area (TPSA) is 99.8 Å². The number of hydrogen-bond acceptors (Lipinski definition) is 6. The predicted molar refractivity (Wildman–Crippen MR) is 122 cm³/mol. The minimum absolute atomic E-state index is 0.0746. The average molecular weight is 453 g/mol. The number of aldehydes is 1. The van der Waals surface area contributed by atoms with E-state index in [0.29, 0.717) is 44.7 Å². The van der Waals surface area contributed by atoms with E-state index >= 15 is 0 Å². The van der Waals surface area contributed by atoms with Crippen LogP contribution in [0.3, 0.4) is 0 Å². The van der Waals surface area contributed by atoms with Crippen LogP contribution in [0.25, 0.3) is 0 Å². The largest absolute Gasteiger partial charge is 0.500 e. The molecule has 1 atom stereocenters. The smallest absolute Gasteiger partial charge is 0.240 e. The van der Waals surface area contributed by atoms with Crippen LogP contribution >= 0.6 is 0 Å². The van der Waals surface area contributed by atoms with Crippen LogP contribution in [0.4, 0.5) is 4.39 Å². The minimum atomic E-state index is -0.342. The Kier molecular flexibility index (Phi) is 13.9. The van der Waals surface area contributed by atoms with Crippen molar-refractivity contribution >= 4 is 18.1 Å². The Morgan fingerprint density at radius 2 is 2.00 bits per heavy atom. The molecule has 1 fully saturated rings. The molecule has 1 rings (SSSR count). The Morgan fingerprint density at radius 3 is 2.62 bits per heavy atom. The SMILES string of the molecule is C\C=C(F)/C=C\C(=C\OCCNC(C(=O)N(C)CC=O)C1CC1)CCCNC(=O)CNC. The van der Waals surface area contributed by atoms with Crippen LogP contribution in [0.2, 0.25) is 0 Å². The van der Waals surface area contributed by atoms with Gasteiger partial charge in [-0.3, -0.25) is 9.59 Å². The first-order valence-electron chi connectivity index (χ1n) is 11.1. The van der Waals surface area contributed by atoms with Crippen LogP contribution in [-0.4, -0.2) is 75.9 Å². The maximum atomic E-state index is 13.5. The van der Waals surface area contributed by atoms with Crippen molar-refractivity contribution in [3.05, 3.63) is 35.9 Å². The number of carbonyl (C=O) groups is 3. The molecule has 0 aromatic carbocycles. The third kappa shape index (κ3) is 11.8. The first-order valence-corrected chi connectivity index (χ1v) is 11.1. The number of ether oxygens (including phenoxy) is 1. The highest BCUT2D eigenvalue weighted by molar-refractivity contribution is 5.84. The Labute approximate surface area is 190 Å². The van der Waals surface area contributed by atoms with Crippen molar-refractivity contribution in [3.63, 3.8) is 0 Å². The van der Waals surface area contributed by atoms with Gasteiger partial charge in [-0.05, 0) is 57.2 Å². The molecule has 0 aromatic heterocycles. The summed E-state index contributed by atoms with van der Waals surface area (Å²) < 4.78 is 19.1. The Bertz CT molecular complexity index is 689. The summed E-state index contributed by atoms with van der Waals surface area (Å²) in [5.41, 5.74) is 0.797. The molecule has 8 nitrogen and oxygen atoms in total. The zero-order chi connectivity index (χ0) is 23.8. The summed E-state index contributed by atoms with van der Waals surface area (Å²) in [6.07, 6.45) is 9.99. The quantitative estimate of drug-likeness (QED) is 0.134. The van der Waals surface area contributed by atoms with Gasteiger partial charge in [0.1, 0.15) is 12.1 Å². The highest BCUT2D eigenvalue weighted by Crippen LogP contribution is 2.33. The molecule has 3 N–H and O–H groups in total. The number of likely N-dealkylation sites (N-methyl/N-ethyl adjacent to an activating group) is 2. The lowest BCUT2D eigenvalue weighted by Gasteiger charge is -2.23. The van der Waals surface area contributed by atoms with Crippen molar-refractivity contribution in [1.82, 2.24) is 20.9 Å². The van der Waals surface area contributed by atoms with Crippen LogP contribution in [0.1, 0.15) is 32.6 Å². The normalized spacial score (nSPS) is 15.5. The van der Waals surface area contributed by atoms with Crippen molar-refractivity contribution in [1.29, 1.82) is 0 Å². The van der Waals surface area contributed by atoms with E-state index in [1.54, 1.807) is 33.4 Å². The van der Waals surface area contributed by atoms with Gasteiger partial charge in [-0.25, -0.2) is 4.39 Å². The fourth-order valence-electron chi connectivity index (χ4n) is 2.97. The van der Waals surface area contributed by atoms with Gasteiger partial charge in [0.05, 0.1) is 32.0 Å². The molecule has 0 bridgehead atoms. The standard InChI is InChI=1S/C23H37FN4O4/c1-4-20(24)10-7-18(6-5-11-26-21(30)16-25-2)17-32-15-12-27-22(19-8-9-19)23(31)28(3)13-14-29/h4,7,10,14,17,19,22,25,27H,5-6,8-9,11-13,15-16H2,1-3H3,(H,26,30)/b10-7-,18-17+,20-4+. The molecular formula is C23H37FN4O4. The number of amides is 2. The molecular weight excluding hydrogens is 415 g/mol. The van der Waals surface area contributed by atoms with Crippen molar-refractivity contribution in [2.24, 2.45) is 5.92 Å². The van der Waals surface area contributed by atoms with E-state index in [2.05, 4.69) is 16.0 Å². The second-order valence-corrected chi connectivity index (χ2v) is 7.71. The lowest BCUT2D eigenvalue weighted by molar-refractivity contribution is -0.134. The molecule has 0 spiro atoms. The second-order valence-electron chi connectivity index (χ2n) is 7.71. The number of rotatable bonds is 17. The molecule has 0 radical (unpaired) electrons. The van der Waals surface area contributed by atoms with Crippen LogP contribution in [-0.2, 0) is 19.1 Å². The monoisotopic (exact) mass is 452 g/mol. The number of nitrogens with one attached hydrogen (secondary N) is 3. The lowest BCUT2D eigenvalue weighted by Crippen LogP contribution is -2.47. The van der Waals surface area contributed by atoms with Gasteiger partial charge in [0.15, 0.2) is 0 Å². The van der Waals surface area contributed by atoms with E-state index in [1.165, 1.54) is 17.1 Å². The Morgan fingerprint density at radius 1 is 1.25 bits per heavy atom. The fraction of sp³-hybridized carbons (Fsp3) is 0.609. The molecule has 0 saturated heterocycles. The highest BCUT2D eigenvalue weighted by atomic mass is 19.1. The summed E-state index contributed by atoms with van der Waals surface area (Å²) in [6.45, 7) is 3.29. The molecule has 0 aromatic rings. The molecule has 180 valence electrons. The third-order valence-electron chi connectivity index (χ3n) is 4.94. The maximum absolute atomic E-state index is 13.5. The van der Waals surface area contributed by atoms with Crippen LogP contribution in [0.15, 0.2) is 35.9 Å². The second kappa shape index (κ2) is 16.2. The molecule has 1 aliphatic carbocycles. The molecule has 2 amide bonds. The number of hydrogen-bond donors (Lipinski definition) is 3. The summed E-state index contributed by atoms with van der Waals surface area (Å²) in [6, 6.07) is -0.308. The molecule has 32 heavy (non-hydrogen) atoms. The van der Waals surface area contributed by atoms with Gasteiger partial charge in [-0.15, -0.1) is 0 Å². The van der Waals surface area contributed by atoms with Gasteiger partial charge in [-0.1, -0.05) is 12.2 Å². The Balaban J connectivity index is 2.50. The summed E-state index contributed by atoms with van der Waals surface area (Å²) >= 11 is 0. The highest BCUT2D eigenvalue weighted by Gasteiger charge is 2.37. The fourth-order valence-corrected chi connectivity index (χ4v) is 2.97. The van der Waals surface area contributed by atoms with Crippen LogP contribution in [0.5, 0.6) is 0 Å². The van der Waals surface area contributed by atoms with Gasteiger partial charge in [0.2, 0.25) is 11.8 Å². The van der Waals surface area contributed by atoms with E-state index in [1.807, 2.05) is 0 Å². The number of nitrogens with zero attached hydrogens (tertiary/aromatic N) is 1. The lowest BCUT2D eigenvalue weighted by atomic mass is 10.1. The van der Waals surface area contributed by atoms with E-state index < -0.39 is 0 Å². The molecule has 0 aliphatic heterocycles. The average Bonchev–Trinajstić information content (AvgIpc) is 3.61. The van der Waals surface area contributed by atoms with E-state index in [9.17, 15) is 18.8 Å². The van der Waals surface area contributed by atoms with Crippen molar-refractivity contribution in [3.8, 4) is 0 Å². The number of allylic oxidation sites excluding steroid dienone is 5. The summed E-state index contributed by atoms with van der Waals surface area (Å²) in [5, 5.41) is 8.82. The molecule has 9 heteroatoms. The zero-order valence-electron chi connectivity index (χ0n) is 19.4. The molecule has 1 saturated carbocycles. The predicted octanol–water partition coefficient (Wildman–Crippen LogP) is 1.46. The van der Waals surface area contributed by atoms with E-state index in [4.69, 9.17) is 4.74 Å². The van der Waals surface area contributed by atoms with E-state index in [0.717, 1.165) is 18.4 Å². The number of halogens is 1. The van der Waals surface area contributed by atoms with Crippen molar-refractivity contribution < 1.29 is 23.5 Å². The molecule has 1 aliphatic rings. The van der Waals surface area contributed by atoms with Crippen molar-refractivity contribution in [2.45, 2.75) is 38.6 Å². The zero-order valence-corrected chi connectivity index (χ0v) is 19.4. The molecule has 1 unspecified atom stereocenters. The maximum Gasteiger partial charge on any atom is 0.240 e. The van der Waals surface area contributed by atoms with Crippen molar-refractivity contribution in [2.75, 3.05) is 46.9 Å². The van der Waals surface area contributed by atoms with Crippen LogP contribution in [0, 0.1) is 5.92 Å². The van der Waals surface area contributed by atoms with Gasteiger partial charge in [0.25, 0.3) is 0 Å².